The molecule has 1 aromatic carbocycles. The zero-order chi connectivity index (χ0) is 16.6. The van der Waals surface area contributed by atoms with E-state index in [0.717, 1.165) is 36.3 Å². The van der Waals surface area contributed by atoms with Crippen LogP contribution in [0.2, 0.25) is 0 Å². The Bertz CT molecular complexity index is 611. The molecule has 0 aromatic heterocycles. The van der Waals surface area contributed by atoms with Crippen molar-refractivity contribution in [3.63, 3.8) is 0 Å². The number of nitrogens with one attached hydrogen (secondary N) is 1. The number of thioether (sulfide) groups is 1. The number of benzene rings is 1. The molecule has 5 heteroatoms. The summed E-state index contributed by atoms with van der Waals surface area (Å²) in [5.74, 6) is 3.44. The number of amides is 1. The van der Waals surface area contributed by atoms with Crippen molar-refractivity contribution in [2.75, 3.05) is 25.1 Å². The van der Waals surface area contributed by atoms with E-state index in [9.17, 15) is 4.79 Å². The van der Waals surface area contributed by atoms with Gasteiger partial charge in [0.05, 0.1) is 12.6 Å². The third-order valence-electron chi connectivity index (χ3n) is 5.72. The highest BCUT2D eigenvalue weighted by Gasteiger charge is 2.45. The number of para-hydroxylation sites is 1. The number of rotatable bonds is 4. The minimum Gasteiger partial charge on any atom is -0.487 e. The van der Waals surface area contributed by atoms with E-state index in [2.05, 4.69) is 23.3 Å². The Labute approximate surface area is 148 Å². The summed E-state index contributed by atoms with van der Waals surface area (Å²) in [4.78, 5) is 14.8. The van der Waals surface area contributed by atoms with Gasteiger partial charge in [-0.15, -0.1) is 0 Å². The van der Waals surface area contributed by atoms with E-state index in [1.807, 2.05) is 30.0 Å². The first kappa shape index (κ1) is 16.3. The fraction of sp³-hybridized carbons (Fsp3) is 0.632. The standard InChI is InChI=1S/C19H26N2O2S/c1-21(14-7-10-24-13-14)12-18(22)20-16-11-19(8-4-9-19)23-17-6-3-2-5-15(16)17/h2-3,5-6,14,16H,4,7-13H2,1H3,(H,20,22)/t14-,16-/m1/s1. The van der Waals surface area contributed by atoms with Crippen molar-refractivity contribution in [2.45, 2.75) is 49.8 Å². The lowest BCUT2D eigenvalue weighted by Crippen LogP contribution is -2.50. The Kier molecular flexibility index (Phi) is 4.48. The Morgan fingerprint density at radius 3 is 2.96 bits per heavy atom. The number of likely N-dealkylation sites (N-methyl/N-ethyl adjacent to an activating group) is 1. The van der Waals surface area contributed by atoms with Crippen molar-refractivity contribution in [1.29, 1.82) is 0 Å². The number of nitrogens with zero attached hydrogens (tertiary/aromatic N) is 1. The van der Waals surface area contributed by atoms with Crippen LogP contribution in [0.1, 0.15) is 43.7 Å². The molecule has 24 heavy (non-hydrogen) atoms. The molecule has 0 bridgehead atoms. The van der Waals surface area contributed by atoms with E-state index in [4.69, 9.17) is 4.74 Å². The van der Waals surface area contributed by atoms with Gasteiger partial charge in [0.1, 0.15) is 11.4 Å². The second-order valence-electron chi connectivity index (χ2n) is 7.43. The van der Waals surface area contributed by atoms with Crippen LogP contribution in [0.15, 0.2) is 24.3 Å². The van der Waals surface area contributed by atoms with E-state index in [1.165, 1.54) is 18.6 Å². The van der Waals surface area contributed by atoms with Crippen LogP contribution in [-0.2, 0) is 4.79 Å². The lowest BCUT2D eigenvalue weighted by atomic mass is 9.73. The van der Waals surface area contributed by atoms with E-state index >= 15 is 0 Å². The van der Waals surface area contributed by atoms with Crippen molar-refractivity contribution >= 4 is 17.7 Å². The van der Waals surface area contributed by atoms with Crippen LogP contribution in [0.3, 0.4) is 0 Å². The lowest BCUT2D eigenvalue weighted by Gasteiger charge is -2.48. The van der Waals surface area contributed by atoms with E-state index < -0.39 is 0 Å². The molecule has 0 unspecified atom stereocenters. The smallest absolute Gasteiger partial charge is 0.234 e. The molecule has 1 N–H and O–H groups in total. The van der Waals surface area contributed by atoms with Crippen LogP contribution < -0.4 is 10.1 Å². The molecule has 2 fully saturated rings. The fourth-order valence-electron chi connectivity index (χ4n) is 4.09. The molecular formula is C19H26N2O2S. The average molecular weight is 346 g/mol. The third kappa shape index (κ3) is 3.16. The molecule has 2 atom stereocenters. The van der Waals surface area contributed by atoms with Crippen LogP contribution in [0.5, 0.6) is 5.75 Å². The van der Waals surface area contributed by atoms with Gasteiger partial charge in [-0.25, -0.2) is 0 Å². The minimum atomic E-state index is -0.0414. The molecule has 4 rings (SSSR count). The Balaban J connectivity index is 1.43. The van der Waals surface area contributed by atoms with Crippen molar-refractivity contribution in [2.24, 2.45) is 0 Å². The van der Waals surface area contributed by atoms with Gasteiger partial charge in [0.15, 0.2) is 0 Å². The SMILES string of the molecule is CN(CC(=O)N[C@@H]1CC2(CCC2)Oc2ccccc21)[C@@H]1CCSC1. The van der Waals surface area contributed by atoms with E-state index in [-0.39, 0.29) is 17.6 Å². The molecule has 0 radical (unpaired) electrons. The van der Waals surface area contributed by atoms with Gasteiger partial charge in [-0.1, -0.05) is 18.2 Å². The first-order chi connectivity index (χ1) is 11.7. The summed E-state index contributed by atoms with van der Waals surface area (Å²) >= 11 is 1.98. The fourth-order valence-corrected chi connectivity index (χ4v) is 5.39. The summed E-state index contributed by atoms with van der Waals surface area (Å²) in [6.45, 7) is 0.484. The molecule has 1 amide bonds. The molecule has 2 heterocycles. The van der Waals surface area contributed by atoms with Gasteiger partial charge in [0.2, 0.25) is 5.91 Å². The zero-order valence-corrected chi connectivity index (χ0v) is 15.1. The average Bonchev–Trinajstić information content (AvgIpc) is 3.07. The molecule has 1 saturated carbocycles. The summed E-state index contributed by atoms with van der Waals surface area (Å²) in [6.07, 6.45) is 5.53. The first-order valence-corrected chi connectivity index (χ1v) is 10.2. The highest BCUT2D eigenvalue weighted by atomic mass is 32.2. The van der Waals surface area contributed by atoms with Crippen LogP contribution in [0, 0.1) is 0 Å². The number of carbonyl (C=O) groups is 1. The maximum atomic E-state index is 12.6. The monoisotopic (exact) mass is 346 g/mol. The number of hydrogen-bond donors (Lipinski definition) is 1. The second kappa shape index (κ2) is 6.60. The number of fused-ring (bicyclic) bond motifs is 1. The van der Waals surface area contributed by atoms with Gasteiger partial charge in [0.25, 0.3) is 0 Å². The van der Waals surface area contributed by atoms with Crippen molar-refractivity contribution in [3.8, 4) is 5.75 Å². The summed E-state index contributed by atoms with van der Waals surface area (Å²) in [7, 11) is 2.07. The van der Waals surface area contributed by atoms with E-state index in [1.54, 1.807) is 0 Å². The van der Waals surface area contributed by atoms with Gasteiger partial charge in [-0.3, -0.25) is 9.69 Å². The van der Waals surface area contributed by atoms with Gasteiger partial charge in [0, 0.05) is 23.8 Å². The maximum absolute atomic E-state index is 12.6. The van der Waals surface area contributed by atoms with Crippen LogP contribution in [0.4, 0.5) is 0 Å². The molecule has 3 aliphatic rings. The predicted octanol–water partition coefficient (Wildman–Crippen LogP) is 2.99. The van der Waals surface area contributed by atoms with Gasteiger partial charge >= 0.3 is 0 Å². The third-order valence-corrected chi connectivity index (χ3v) is 6.86. The lowest BCUT2D eigenvalue weighted by molar-refractivity contribution is -0.124. The summed E-state index contributed by atoms with van der Waals surface area (Å²) in [6, 6.07) is 8.79. The molecular weight excluding hydrogens is 320 g/mol. The van der Waals surface area contributed by atoms with Crippen molar-refractivity contribution in [1.82, 2.24) is 10.2 Å². The van der Waals surface area contributed by atoms with Crippen molar-refractivity contribution in [3.05, 3.63) is 29.8 Å². The van der Waals surface area contributed by atoms with Crippen LogP contribution in [0.25, 0.3) is 0 Å². The maximum Gasteiger partial charge on any atom is 0.234 e. The Morgan fingerprint density at radius 1 is 1.42 bits per heavy atom. The molecule has 4 nitrogen and oxygen atoms in total. The van der Waals surface area contributed by atoms with Crippen molar-refractivity contribution < 1.29 is 9.53 Å². The number of carbonyl (C=O) groups excluding carboxylic acids is 1. The summed E-state index contributed by atoms with van der Waals surface area (Å²) in [5.41, 5.74) is 1.09. The Morgan fingerprint density at radius 2 is 2.25 bits per heavy atom. The highest BCUT2D eigenvalue weighted by Crippen LogP contribution is 2.48. The topological polar surface area (TPSA) is 41.6 Å². The first-order valence-electron chi connectivity index (χ1n) is 9.01. The minimum absolute atomic E-state index is 0.0414. The normalized spacial score (nSPS) is 27.4. The predicted molar refractivity (Wildman–Crippen MR) is 97.5 cm³/mol. The highest BCUT2D eigenvalue weighted by molar-refractivity contribution is 7.99. The molecule has 1 saturated heterocycles. The molecule has 1 aromatic rings. The number of ether oxygens (including phenoxy) is 1. The number of hydrogen-bond acceptors (Lipinski definition) is 4. The van der Waals surface area contributed by atoms with Gasteiger partial charge < -0.3 is 10.1 Å². The van der Waals surface area contributed by atoms with Crippen LogP contribution in [-0.4, -0.2) is 47.5 Å². The van der Waals surface area contributed by atoms with Crippen LogP contribution >= 0.6 is 11.8 Å². The van der Waals surface area contributed by atoms with Gasteiger partial charge in [-0.2, -0.15) is 11.8 Å². The quantitative estimate of drug-likeness (QED) is 0.910. The van der Waals surface area contributed by atoms with E-state index in [0.29, 0.717) is 12.6 Å². The largest absolute Gasteiger partial charge is 0.487 e. The Hall–Kier alpha value is -1.20. The second-order valence-corrected chi connectivity index (χ2v) is 8.58. The van der Waals surface area contributed by atoms with Gasteiger partial charge in [-0.05, 0) is 44.6 Å². The summed E-state index contributed by atoms with van der Waals surface area (Å²) < 4.78 is 6.27. The molecule has 2 aliphatic heterocycles. The molecule has 1 aliphatic carbocycles. The zero-order valence-electron chi connectivity index (χ0n) is 14.3. The molecule has 130 valence electrons. The molecule has 1 spiro atoms. The summed E-state index contributed by atoms with van der Waals surface area (Å²) in [5, 5.41) is 3.29.